The lowest BCUT2D eigenvalue weighted by Crippen LogP contribution is -2.11. The minimum atomic E-state index is 0.368. The summed E-state index contributed by atoms with van der Waals surface area (Å²) in [7, 11) is 0. The molecule has 3 heteroatoms. The van der Waals surface area contributed by atoms with Gasteiger partial charge in [0.25, 0.3) is 0 Å². The molecule has 0 saturated carbocycles. The number of hydrogen-bond acceptors (Lipinski definition) is 1. The molecule has 1 rings (SSSR count). The molecule has 0 aliphatic heterocycles. The first-order valence-corrected chi connectivity index (χ1v) is 7.74. The number of halogens is 2. The zero-order chi connectivity index (χ0) is 13.0. The first kappa shape index (κ1) is 15.0. The fraction of sp³-hybridized carbons (Fsp3) is 0.571. The lowest BCUT2D eigenvalue weighted by Gasteiger charge is -2.23. The molecule has 0 fully saturated rings. The fourth-order valence-corrected chi connectivity index (χ4v) is 3.53. The van der Waals surface area contributed by atoms with Crippen molar-refractivity contribution in [3.63, 3.8) is 0 Å². The molecule has 1 aromatic rings. The minimum Gasteiger partial charge on any atom is -0.494 e. The average Bonchev–Trinajstić information content (AvgIpc) is 2.27. The summed E-state index contributed by atoms with van der Waals surface area (Å²) in [6.07, 6.45) is 0. The molecule has 0 N–H and O–H groups in total. The van der Waals surface area contributed by atoms with E-state index in [-0.39, 0.29) is 0 Å². The predicted molar refractivity (Wildman–Crippen MR) is 81.0 cm³/mol. The second-order valence-corrected chi connectivity index (χ2v) is 6.46. The molecule has 0 bridgehead atoms. The zero-order valence-electron chi connectivity index (χ0n) is 10.8. The maximum atomic E-state index is 5.48. The second kappa shape index (κ2) is 6.79. The topological polar surface area (TPSA) is 9.23 Å². The Hall–Kier alpha value is -0.0200. The van der Waals surface area contributed by atoms with Crippen LogP contribution in [0.25, 0.3) is 0 Å². The summed E-state index contributed by atoms with van der Waals surface area (Å²) in [6, 6.07) is 6.21. The van der Waals surface area contributed by atoms with Gasteiger partial charge in [-0.05, 0) is 36.5 Å². The Morgan fingerprint density at radius 2 is 1.88 bits per heavy atom. The van der Waals surface area contributed by atoms with E-state index in [1.165, 1.54) is 5.56 Å². The summed E-state index contributed by atoms with van der Waals surface area (Å²) >= 11 is 7.42. The van der Waals surface area contributed by atoms with Gasteiger partial charge in [-0.15, -0.1) is 0 Å². The third-order valence-electron chi connectivity index (χ3n) is 3.09. The smallest absolute Gasteiger partial charge is 0.120 e. The van der Waals surface area contributed by atoms with Crippen LogP contribution in [0.5, 0.6) is 5.75 Å². The Morgan fingerprint density at radius 3 is 2.35 bits per heavy atom. The van der Waals surface area contributed by atoms with Gasteiger partial charge >= 0.3 is 0 Å². The Balaban J connectivity index is 2.91. The molecule has 0 aromatic heterocycles. The summed E-state index contributed by atoms with van der Waals surface area (Å²) in [6.45, 7) is 9.47. The summed E-state index contributed by atoms with van der Waals surface area (Å²) in [4.78, 5) is 0.368. The summed E-state index contributed by atoms with van der Waals surface area (Å²) in [5.74, 6) is 2.15. The quantitative estimate of drug-likeness (QED) is 0.621. The number of hydrogen-bond donors (Lipinski definition) is 0. The van der Waals surface area contributed by atoms with Gasteiger partial charge in [0, 0.05) is 9.30 Å². The van der Waals surface area contributed by atoms with Crippen molar-refractivity contribution in [1.82, 2.24) is 0 Å². The highest BCUT2D eigenvalue weighted by atomic mass is 79.9. The first-order valence-electron chi connectivity index (χ1n) is 6.03. The highest BCUT2D eigenvalue weighted by Crippen LogP contribution is 2.39. The Kier molecular flexibility index (Phi) is 6.01. The van der Waals surface area contributed by atoms with E-state index in [0.29, 0.717) is 23.3 Å². The Labute approximate surface area is 121 Å². The predicted octanol–water partition coefficient (Wildman–Crippen LogP) is 5.58. The normalized spacial score (nSPS) is 14.8. The highest BCUT2D eigenvalue weighted by molar-refractivity contribution is 9.11. The SMILES string of the molecule is CCOc1ccc(C(Br)C(C)C(C)C)c(Br)c1. The average molecular weight is 364 g/mol. The van der Waals surface area contributed by atoms with Crippen molar-refractivity contribution in [2.45, 2.75) is 32.5 Å². The monoisotopic (exact) mass is 362 g/mol. The van der Waals surface area contributed by atoms with Gasteiger partial charge in [0.05, 0.1) is 6.61 Å². The lowest BCUT2D eigenvalue weighted by atomic mass is 9.91. The number of ether oxygens (including phenoxy) is 1. The van der Waals surface area contributed by atoms with Crippen LogP contribution in [-0.2, 0) is 0 Å². The molecular formula is C14H20Br2O. The number of alkyl halides is 1. The van der Waals surface area contributed by atoms with Crippen LogP contribution in [0.15, 0.2) is 22.7 Å². The van der Waals surface area contributed by atoms with Crippen LogP contribution in [0.1, 0.15) is 38.1 Å². The van der Waals surface area contributed by atoms with Gasteiger partial charge in [-0.3, -0.25) is 0 Å². The van der Waals surface area contributed by atoms with Gasteiger partial charge in [-0.25, -0.2) is 0 Å². The maximum absolute atomic E-state index is 5.48. The van der Waals surface area contributed by atoms with Crippen LogP contribution in [-0.4, -0.2) is 6.61 Å². The molecule has 0 heterocycles. The van der Waals surface area contributed by atoms with E-state index < -0.39 is 0 Å². The van der Waals surface area contributed by atoms with E-state index in [1.54, 1.807) is 0 Å². The minimum absolute atomic E-state index is 0.368. The molecule has 1 nitrogen and oxygen atoms in total. The van der Waals surface area contributed by atoms with E-state index in [9.17, 15) is 0 Å². The van der Waals surface area contributed by atoms with Crippen molar-refractivity contribution in [2.24, 2.45) is 11.8 Å². The van der Waals surface area contributed by atoms with Crippen LogP contribution < -0.4 is 4.74 Å². The van der Waals surface area contributed by atoms with Crippen molar-refractivity contribution in [2.75, 3.05) is 6.61 Å². The molecule has 0 aliphatic carbocycles. The molecule has 17 heavy (non-hydrogen) atoms. The first-order chi connectivity index (χ1) is 7.97. The van der Waals surface area contributed by atoms with E-state index in [0.717, 1.165) is 10.2 Å². The molecule has 0 aliphatic rings. The zero-order valence-corrected chi connectivity index (χ0v) is 14.0. The van der Waals surface area contributed by atoms with Crippen molar-refractivity contribution < 1.29 is 4.74 Å². The maximum Gasteiger partial charge on any atom is 0.120 e. The van der Waals surface area contributed by atoms with Crippen LogP contribution in [0, 0.1) is 11.8 Å². The third-order valence-corrected chi connectivity index (χ3v) is 5.11. The molecule has 0 saturated heterocycles. The molecular weight excluding hydrogens is 344 g/mol. The number of benzene rings is 1. The van der Waals surface area contributed by atoms with Crippen molar-refractivity contribution in [1.29, 1.82) is 0 Å². The molecule has 2 atom stereocenters. The molecule has 96 valence electrons. The van der Waals surface area contributed by atoms with Gasteiger partial charge < -0.3 is 4.74 Å². The lowest BCUT2D eigenvalue weighted by molar-refractivity contribution is 0.339. The molecule has 0 amide bonds. The second-order valence-electron chi connectivity index (χ2n) is 4.62. The van der Waals surface area contributed by atoms with Crippen molar-refractivity contribution >= 4 is 31.9 Å². The molecule has 1 aromatic carbocycles. The van der Waals surface area contributed by atoms with Gasteiger partial charge in [-0.2, -0.15) is 0 Å². The van der Waals surface area contributed by atoms with E-state index in [1.807, 2.05) is 19.1 Å². The summed E-state index contributed by atoms with van der Waals surface area (Å²) in [5, 5.41) is 0. The highest BCUT2D eigenvalue weighted by Gasteiger charge is 2.21. The van der Waals surface area contributed by atoms with Gasteiger partial charge in [-0.1, -0.05) is 58.7 Å². The van der Waals surface area contributed by atoms with Gasteiger partial charge in [0.1, 0.15) is 5.75 Å². The molecule has 2 unspecified atom stereocenters. The molecule has 0 radical (unpaired) electrons. The van der Waals surface area contributed by atoms with E-state index in [2.05, 4.69) is 58.7 Å². The Morgan fingerprint density at radius 1 is 1.24 bits per heavy atom. The molecule has 0 spiro atoms. The Bertz CT molecular complexity index is 363. The van der Waals surface area contributed by atoms with Crippen molar-refractivity contribution in [3.05, 3.63) is 28.2 Å². The van der Waals surface area contributed by atoms with Crippen LogP contribution >= 0.6 is 31.9 Å². The van der Waals surface area contributed by atoms with E-state index >= 15 is 0 Å². The largest absolute Gasteiger partial charge is 0.494 e. The fourth-order valence-electron chi connectivity index (χ4n) is 1.61. The van der Waals surface area contributed by atoms with Crippen molar-refractivity contribution in [3.8, 4) is 5.75 Å². The van der Waals surface area contributed by atoms with E-state index in [4.69, 9.17) is 4.74 Å². The standard InChI is InChI=1S/C14H20Br2O/c1-5-17-11-6-7-12(13(15)8-11)14(16)10(4)9(2)3/h6-10,14H,5H2,1-4H3. The van der Waals surface area contributed by atoms with Gasteiger partial charge in [0.2, 0.25) is 0 Å². The van der Waals surface area contributed by atoms with Crippen LogP contribution in [0.2, 0.25) is 0 Å². The number of rotatable bonds is 5. The van der Waals surface area contributed by atoms with Crippen LogP contribution in [0.3, 0.4) is 0 Å². The van der Waals surface area contributed by atoms with Crippen LogP contribution in [0.4, 0.5) is 0 Å². The summed E-state index contributed by atoms with van der Waals surface area (Å²) < 4.78 is 6.59. The van der Waals surface area contributed by atoms with Gasteiger partial charge in [0.15, 0.2) is 0 Å². The third kappa shape index (κ3) is 3.99. The summed E-state index contributed by atoms with van der Waals surface area (Å²) in [5.41, 5.74) is 1.29.